The van der Waals surface area contributed by atoms with E-state index in [0.29, 0.717) is 5.82 Å². The van der Waals surface area contributed by atoms with Gasteiger partial charge in [-0.15, -0.1) is 0 Å². The largest absolute Gasteiger partial charge is 0.483 e. The van der Waals surface area contributed by atoms with Crippen molar-refractivity contribution < 1.29 is 14.6 Å². The van der Waals surface area contributed by atoms with E-state index < -0.39 is 0 Å². The van der Waals surface area contributed by atoms with Crippen LogP contribution in [-0.4, -0.2) is 31.7 Å². The zero-order chi connectivity index (χ0) is 25.2. The predicted molar refractivity (Wildman–Crippen MR) is 141 cm³/mol. The highest BCUT2D eigenvalue weighted by atomic mass is 16.5. The number of rotatable bonds is 9. The summed E-state index contributed by atoms with van der Waals surface area (Å²) in [6, 6.07) is 24.7. The molecular weight excluding hydrogens is 452 g/mol. The zero-order valence-electron chi connectivity index (χ0n) is 20.3. The van der Waals surface area contributed by atoms with Crippen LogP contribution in [0.3, 0.4) is 0 Å². The molecule has 0 bridgehead atoms. The highest BCUT2D eigenvalue weighted by Gasteiger charge is 2.09. The third-order valence-electron chi connectivity index (χ3n) is 5.82. The summed E-state index contributed by atoms with van der Waals surface area (Å²) in [5.74, 6) is 3.10. The quantitative estimate of drug-likeness (QED) is 0.159. The Balaban J connectivity index is 0.000000967. The Kier molecular flexibility index (Phi) is 8.48. The first-order valence-corrected chi connectivity index (χ1v) is 12.1. The topological polar surface area (TPSA) is 104 Å². The summed E-state index contributed by atoms with van der Waals surface area (Å²) in [7, 11) is 0. The van der Waals surface area contributed by atoms with Gasteiger partial charge in [-0.05, 0) is 60.4 Å². The number of hydrogen-bond acceptors (Lipinski definition) is 4. The molecular formula is C29H30N4O3. The predicted octanol–water partition coefficient (Wildman–Crippen LogP) is 6.77. The number of hydrogen-bond donors (Lipinski definition) is 3. The number of carbonyl (C=O) groups is 1. The molecule has 3 aromatic carbocycles. The fraction of sp³-hybridized carbons (Fsp3) is 0.207. The summed E-state index contributed by atoms with van der Waals surface area (Å²) >= 11 is 0. The lowest BCUT2D eigenvalue weighted by molar-refractivity contribution is -0.122. The van der Waals surface area contributed by atoms with E-state index in [-0.39, 0.29) is 6.47 Å². The van der Waals surface area contributed by atoms with Crippen LogP contribution in [0.5, 0.6) is 11.5 Å². The van der Waals surface area contributed by atoms with E-state index in [9.17, 15) is 0 Å². The zero-order valence-corrected chi connectivity index (χ0v) is 20.3. The van der Waals surface area contributed by atoms with Crippen molar-refractivity contribution in [3.8, 4) is 22.9 Å². The SMILES string of the molecule is CCCCCc1cccc(Cc2nc(-c3cccc(Oc4ccc5[nH]ccc5c4)c3)n[nH]2)c1.O=CO. The normalized spacial score (nSPS) is 10.6. The van der Waals surface area contributed by atoms with Crippen LogP contribution in [0, 0.1) is 0 Å². The Labute approximate surface area is 210 Å². The minimum absolute atomic E-state index is 0.250. The summed E-state index contributed by atoms with van der Waals surface area (Å²) in [6.07, 6.45) is 7.56. The van der Waals surface area contributed by atoms with Crippen LogP contribution in [0.15, 0.2) is 79.0 Å². The van der Waals surface area contributed by atoms with Gasteiger partial charge < -0.3 is 14.8 Å². The van der Waals surface area contributed by atoms with Crippen LogP contribution in [0.2, 0.25) is 0 Å². The molecule has 184 valence electrons. The van der Waals surface area contributed by atoms with Crippen molar-refractivity contribution in [1.29, 1.82) is 0 Å². The standard InChI is InChI=1S/C28H28N4O.CH2O2/c1-2-3-4-7-20-8-5-9-21(16-20)17-27-30-28(32-31-27)23-10-6-11-24(19-23)33-25-12-13-26-22(18-25)14-15-29-26;2-1-3/h5-6,8-16,18-19,29H,2-4,7,17H2,1H3,(H,30,31,32);1H,(H,2,3). The number of benzene rings is 3. The minimum Gasteiger partial charge on any atom is -0.483 e. The molecule has 3 N–H and O–H groups in total. The van der Waals surface area contributed by atoms with E-state index in [1.54, 1.807) is 0 Å². The summed E-state index contributed by atoms with van der Waals surface area (Å²) in [6.45, 7) is 1.99. The molecule has 0 spiro atoms. The Bertz CT molecular complexity index is 1410. The van der Waals surface area contributed by atoms with E-state index in [1.807, 2.05) is 54.7 Å². The molecule has 0 amide bonds. The molecule has 7 heteroatoms. The van der Waals surface area contributed by atoms with Gasteiger partial charge in [-0.1, -0.05) is 56.2 Å². The lowest BCUT2D eigenvalue weighted by atomic mass is 10.0. The number of aromatic amines is 2. The number of carboxylic acid groups (broad SMARTS) is 1. The van der Waals surface area contributed by atoms with E-state index in [2.05, 4.69) is 46.4 Å². The molecule has 2 aromatic heterocycles. The lowest BCUT2D eigenvalue weighted by Crippen LogP contribution is -1.93. The summed E-state index contributed by atoms with van der Waals surface area (Å²) in [5, 5.41) is 15.6. The molecule has 5 aromatic rings. The molecule has 0 saturated heterocycles. The fourth-order valence-electron chi connectivity index (χ4n) is 4.10. The van der Waals surface area contributed by atoms with Crippen LogP contribution in [0.1, 0.15) is 43.1 Å². The second-order valence-corrected chi connectivity index (χ2v) is 8.52. The summed E-state index contributed by atoms with van der Waals surface area (Å²) < 4.78 is 6.09. The molecule has 0 aliphatic carbocycles. The molecule has 0 fully saturated rings. The van der Waals surface area contributed by atoms with E-state index >= 15 is 0 Å². The number of H-pyrrole nitrogens is 2. The molecule has 0 unspecified atom stereocenters. The van der Waals surface area contributed by atoms with Gasteiger partial charge in [-0.25, -0.2) is 4.98 Å². The molecule has 0 atom stereocenters. The summed E-state index contributed by atoms with van der Waals surface area (Å²) in [4.78, 5) is 16.3. The Hall–Kier alpha value is -4.39. The Morgan fingerprint density at radius 2 is 1.75 bits per heavy atom. The molecule has 5 rings (SSSR count). The average Bonchev–Trinajstić information content (AvgIpc) is 3.55. The van der Waals surface area contributed by atoms with Crippen molar-refractivity contribution in [2.24, 2.45) is 0 Å². The number of nitrogens with one attached hydrogen (secondary N) is 2. The van der Waals surface area contributed by atoms with Crippen LogP contribution in [-0.2, 0) is 17.6 Å². The van der Waals surface area contributed by atoms with Gasteiger partial charge in [-0.2, -0.15) is 5.10 Å². The molecule has 2 heterocycles. The Morgan fingerprint density at radius 3 is 2.61 bits per heavy atom. The highest BCUT2D eigenvalue weighted by Crippen LogP contribution is 2.28. The van der Waals surface area contributed by atoms with Gasteiger partial charge in [0, 0.05) is 29.1 Å². The van der Waals surface area contributed by atoms with Crippen molar-refractivity contribution >= 4 is 17.4 Å². The van der Waals surface area contributed by atoms with Gasteiger partial charge in [0.15, 0.2) is 5.82 Å². The monoisotopic (exact) mass is 482 g/mol. The maximum Gasteiger partial charge on any atom is 0.290 e. The third-order valence-corrected chi connectivity index (χ3v) is 5.82. The lowest BCUT2D eigenvalue weighted by Gasteiger charge is -2.07. The maximum atomic E-state index is 8.36. The average molecular weight is 483 g/mol. The van der Waals surface area contributed by atoms with Crippen molar-refractivity contribution in [3.63, 3.8) is 0 Å². The second-order valence-electron chi connectivity index (χ2n) is 8.52. The number of ether oxygens (including phenoxy) is 1. The number of unbranched alkanes of at least 4 members (excludes halogenated alkanes) is 2. The van der Waals surface area contributed by atoms with Crippen LogP contribution in [0.4, 0.5) is 0 Å². The first-order chi connectivity index (χ1) is 17.7. The molecule has 0 saturated carbocycles. The first-order valence-electron chi connectivity index (χ1n) is 12.1. The minimum atomic E-state index is -0.250. The third kappa shape index (κ3) is 6.60. The van der Waals surface area contributed by atoms with Gasteiger partial charge >= 0.3 is 0 Å². The molecule has 7 nitrogen and oxygen atoms in total. The smallest absolute Gasteiger partial charge is 0.290 e. The summed E-state index contributed by atoms with van der Waals surface area (Å²) in [5.41, 5.74) is 4.66. The maximum absolute atomic E-state index is 8.36. The van der Waals surface area contributed by atoms with E-state index in [1.165, 1.54) is 30.4 Å². The molecule has 0 radical (unpaired) electrons. The van der Waals surface area contributed by atoms with Gasteiger partial charge in [-0.3, -0.25) is 9.89 Å². The van der Waals surface area contributed by atoms with Crippen molar-refractivity contribution in [2.45, 2.75) is 39.0 Å². The van der Waals surface area contributed by atoms with Crippen molar-refractivity contribution in [3.05, 3.63) is 95.9 Å². The molecule has 36 heavy (non-hydrogen) atoms. The van der Waals surface area contributed by atoms with Gasteiger partial charge in [0.2, 0.25) is 0 Å². The number of aryl methyl sites for hydroxylation is 1. The Morgan fingerprint density at radius 1 is 0.944 bits per heavy atom. The fourth-order valence-corrected chi connectivity index (χ4v) is 4.10. The van der Waals surface area contributed by atoms with E-state index in [4.69, 9.17) is 19.6 Å². The second kappa shape index (κ2) is 12.4. The molecule has 0 aliphatic heterocycles. The van der Waals surface area contributed by atoms with Crippen LogP contribution >= 0.6 is 0 Å². The number of fused-ring (bicyclic) bond motifs is 1. The first kappa shape index (κ1) is 24.7. The van der Waals surface area contributed by atoms with Crippen LogP contribution in [0.25, 0.3) is 22.3 Å². The van der Waals surface area contributed by atoms with Gasteiger partial charge in [0.1, 0.15) is 17.3 Å². The van der Waals surface area contributed by atoms with Gasteiger partial charge in [0.05, 0.1) is 0 Å². The van der Waals surface area contributed by atoms with Crippen molar-refractivity contribution in [1.82, 2.24) is 20.2 Å². The van der Waals surface area contributed by atoms with E-state index in [0.717, 1.165) is 46.6 Å². The van der Waals surface area contributed by atoms with Gasteiger partial charge in [0.25, 0.3) is 6.47 Å². The number of nitrogens with zero attached hydrogens (tertiary/aromatic N) is 2. The van der Waals surface area contributed by atoms with Crippen LogP contribution < -0.4 is 4.74 Å². The van der Waals surface area contributed by atoms with Crippen molar-refractivity contribution in [2.75, 3.05) is 0 Å². The molecule has 0 aliphatic rings. The highest BCUT2D eigenvalue weighted by molar-refractivity contribution is 5.80. The number of aromatic nitrogens is 4.